The molecular formula is C29H21NO5. The summed E-state index contributed by atoms with van der Waals surface area (Å²) < 4.78 is 11.3. The van der Waals surface area contributed by atoms with Crippen LogP contribution in [0.2, 0.25) is 0 Å². The lowest BCUT2D eigenvalue weighted by Crippen LogP contribution is -2.26. The number of ether oxygens (including phenoxy) is 2. The zero-order chi connectivity index (χ0) is 24.2. The SMILES string of the molecule is O=C(COC(=O)C1c2ccccc2Oc2ccccc21)Nc1ccccc1C(=O)c1ccccc1. The molecule has 172 valence electrons. The number of benzene rings is 4. The first-order valence-electron chi connectivity index (χ1n) is 11.1. The van der Waals surface area contributed by atoms with E-state index in [2.05, 4.69) is 5.32 Å². The Bertz CT molecular complexity index is 1370. The van der Waals surface area contributed by atoms with Gasteiger partial charge < -0.3 is 14.8 Å². The number of ketones is 1. The molecule has 0 bridgehead atoms. The maximum atomic E-state index is 13.1. The van der Waals surface area contributed by atoms with Gasteiger partial charge in [0.1, 0.15) is 17.4 Å². The lowest BCUT2D eigenvalue weighted by atomic mass is 9.88. The second kappa shape index (κ2) is 9.65. The number of rotatable bonds is 6. The second-order valence-corrected chi connectivity index (χ2v) is 8.01. The van der Waals surface area contributed by atoms with Crippen molar-refractivity contribution in [1.82, 2.24) is 0 Å². The van der Waals surface area contributed by atoms with E-state index in [-0.39, 0.29) is 5.78 Å². The van der Waals surface area contributed by atoms with Crippen molar-refractivity contribution in [2.24, 2.45) is 0 Å². The minimum absolute atomic E-state index is 0.214. The van der Waals surface area contributed by atoms with Gasteiger partial charge in [-0.2, -0.15) is 0 Å². The largest absolute Gasteiger partial charge is 0.457 e. The van der Waals surface area contributed by atoms with Gasteiger partial charge in [-0.1, -0.05) is 78.9 Å². The molecule has 0 fully saturated rings. The van der Waals surface area contributed by atoms with Crippen LogP contribution in [0.1, 0.15) is 33.0 Å². The zero-order valence-electron chi connectivity index (χ0n) is 18.6. The molecule has 0 aliphatic carbocycles. The molecule has 0 radical (unpaired) electrons. The number of anilines is 1. The van der Waals surface area contributed by atoms with Gasteiger partial charge in [0.05, 0.1) is 5.69 Å². The number of carbonyl (C=O) groups excluding carboxylic acids is 3. The first-order chi connectivity index (χ1) is 17.1. The van der Waals surface area contributed by atoms with Gasteiger partial charge in [-0.15, -0.1) is 0 Å². The summed E-state index contributed by atoms with van der Waals surface area (Å²) in [6, 6.07) is 30.1. The highest BCUT2D eigenvalue weighted by Gasteiger charge is 2.34. The highest BCUT2D eigenvalue weighted by Crippen LogP contribution is 2.44. The molecule has 35 heavy (non-hydrogen) atoms. The van der Waals surface area contributed by atoms with Gasteiger partial charge in [-0.05, 0) is 24.3 Å². The van der Waals surface area contributed by atoms with Crippen LogP contribution in [0.3, 0.4) is 0 Å². The molecule has 1 aliphatic heterocycles. The van der Waals surface area contributed by atoms with E-state index in [1.165, 1.54) is 0 Å². The van der Waals surface area contributed by atoms with E-state index in [1.807, 2.05) is 42.5 Å². The Balaban J connectivity index is 1.31. The average Bonchev–Trinajstić information content (AvgIpc) is 2.90. The van der Waals surface area contributed by atoms with E-state index >= 15 is 0 Å². The van der Waals surface area contributed by atoms with Gasteiger partial charge in [-0.25, -0.2) is 0 Å². The van der Waals surface area contributed by atoms with Crippen molar-refractivity contribution in [3.63, 3.8) is 0 Å². The quantitative estimate of drug-likeness (QED) is 0.308. The molecule has 0 spiro atoms. The molecule has 4 aromatic carbocycles. The van der Waals surface area contributed by atoms with Crippen LogP contribution in [0.25, 0.3) is 0 Å². The van der Waals surface area contributed by atoms with E-state index in [0.717, 1.165) is 0 Å². The third kappa shape index (κ3) is 4.54. The Labute approximate surface area is 202 Å². The summed E-state index contributed by atoms with van der Waals surface area (Å²) in [5.74, 6) is -0.876. The molecule has 1 aliphatic rings. The molecule has 0 saturated heterocycles. The van der Waals surface area contributed by atoms with Gasteiger partial charge >= 0.3 is 5.97 Å². The summed E-state index contributed by atoms with van der Waals surface area (Å²) >= 11 is 0. The van der Waals surface area contributed by atoms with Crippen molar-refractivity contribution in [3.8, 4) is 11.5 Å². The topological polar surface area (TPSA) is 81.7 Å². The summed E-state index contributed by atoms with van der Waals surface area (Å²) in [5.41, 5.74) is 2.57. The second-order valence-electron chi connectivity index (χ2n) is 8.01. The van der Waals surface area contributed by atoms with Gasteiger partial charge in [0, 0.05) is 22.3 Å². The molecule has 4 aromatic rings. The van der Waals surface area contributed by atoms with Crippen LogP contribution >= 0.6 is 0 Å². The smallest absolute Gasteiger partial charge is 0.318 e. The first kappa shape index (κ1) is 22.1. The summed E-state index contributed by atoms with van der Waals surface area (Å²) in [5, 5.41) is 2.70. The monoisotopic (exact) mass is 463 g/mol. The van der Waals surface area contributed by atoms with Gasteiger partial charge in [0.15, 0.2) is 12.4 Å². The maximum absolute atomic E-state index is 13.1. The molecule has 6 heteroatoms. The third-order valence-electron chi connectivity index (χ3n) is 5.74. The average molecular weight is 463 g/mol. The number of esters is 1. The summed E-state index contributed by atoms with van der Waals surface area (Å²) in [6.45, 7) is -0.492. The van der Waals surface area contributed by atoms with Crippen LogP contribution in [0.4, 0.5) is 5.69 Å². The van der Waals surface area contributed by atoms with Crippen molar-refractivity contribution < 1.29 is 23.9 Å². The number of carbonyl (C=O) groups is 3. The lowest BCUT2D eigenvalue weighted by molar-refractivity contribution is -0.148. The molecule has 0 atom stereocenters. The Kier molecular flexibility index (Phi) is 6.09. The molecule has 1 heterocycles. The van der Waals surface area contributed by atoms with Crippen molar-refractivity contribution >= 4 is 23.3 Å². The highest BCUT2D eigenvalue weighted by molar-refractivity contribution is 6.13. The predicted molar refractivity (Wildman–Crippen MR) is 131 cm³/mol. The molecular weight excluding hydrogens is 442 g/mol. The number of hydrogen-bond acceptors (Lipinski definition) is 5. The van der Waals surface area contributed by atoms with Crippen molar-refractivity contribution in [2.75, 3.05) is 11.9 Å². The number of hydrogen-bond donors (Lipinski definition) is 1. The number of para-hydroxylation sites is 3. The summed E-state index contributed by atoms with van der Waals surface area (Å²) in [4.78, 5) is 38.7. The number of nitrogens with one attached hydrogen (secondary N) is 1. The molecule has 0 unspecified atom stereocenters. The Morgan fingerprint density at radius 3 is 1.97 bits per heavy atom. The van der Waals surface area contributed by atoms with Crippen LogP contribution in [-0.4, -0.2) is 24.3 Å². The molecule has 1 N–H and O–H groups in total. The van der Waals surface area contributed by atoms with Gasteiger partial charge in [0.25, 0.3) is 5.91 Å². The normalized spacial score (nSPS) is 12.0. The Morgan fingerprint density at radius 2 is 1.29 bits per heavy atom. The van der Waals surface area contributed by atoms with Gasteiger partial charge in [-0.3, -0.25) is 14.4 Å². The van der Waals surface area contributed by atoms with Crippen LogP contribution in [0.15, 0.2) is 103 Å². The predicted octanol–water partition coefficient (Wildman–Crippen LogP) is 5.34. The lowest BCUT2D eigenvalue weighted by Gasteiger charge is -2.26. The van der Waals surface area contributed by atoms with E-state index in [0.29, 0.717) is 39.4 Å². The third-order valence-corrected chi connectivity index (χ3v) is 5.74. The van der Waals surface area contributed by atoms with Crippen molar-refractivity contribution in [3.05, 3.63) is 125 Å². The molecule has 0 saturated carbocycles. The van der Waals surface area contributed by atoms with Crippen LogP contribution in [0, 0.1) is 0 Å². The Morgan fingerprint density at radius 1 is 0.714 bits per heavy atom. The van der Waals surface area contributed by atoms with Crippen LogP contribution in [0.5, 0.6) is 11.5 Å². The van der Waals surface area contributed by atoms with E-state index < -0.39 is 24.4 Å². The highest BCUT2D eigenvalue weighted by atomic mass is 16.5. The fourth-order valence-electron chi connectivity index (χ4n) is 4.11. The van der Waals surface area contributed by atoms with E-state index in [4.69, 9.17) is 9.47 Å². The number of amides is 1. The first-order valence-corrected chi connectivity index (χ1v) is 11.1. The van der Waals surface area contributed by atoms with E-state index in [1.54, 1.807) is 60.7 Å². The number of fused-ring (bicyclic) bond motifs is 2. The molecule has 0 aromatic heterocycles. The molecule has 5 rings (SSSR count). The van der Waals surface area contributed by atoms with Crippen LogP contribution < -0.4 is 10.1 Å². The van der Waals surface area contributed by atoms with Gasteiger partial charge in [0.2, 0.25) is 0 Å². The van der Waals surface area contributed by atoms with Crippen molar-refractivity contribution in [2.45, 2.75) is 5.92 Å². The molecule has 6 nitrogen and oxygen atoms in total. The zero-order valence-corrected chi connectivity index (χ0v) is 18.6. The minimum atomic E-state index is -0.712. The van der Waals surface area contributed by atoms with E-state index in [9.17, 15) is 14.4 Å². The van der Waals surface area contributed by atoms with Crippen LogP contribution in [-0.2, 0) is 14.3 Å². The molecule has 1 amide bonds. The standard InChI is InChI=1S/C29H21NO5/c31-26(30-23-15-7-4-12-20(23)28(32)19-10-2-1-3-11-19)18-34-29(33)27-21-13-5-8-16-24(21)35-25-17-9-6-14-22(25)27/h1-17,27H,18H2,(H,30,31). The fourth-order valence-corrected chi connectivity index (χ4v) is 4.11. The van der Waals surface area contributed by atoms with Crippen molar-refractivity contribution in [1.29, 1.82) is 0 Å². The minimum Gasteiger partial charge on any atom is -0.457 e. The summed E-state index contributed by atoms with van der Waals surface area (Å²) in [7, 11) is 0. The Hall–Kier alpha value is -4.71. The maximum Gasteiger partial charge on any atom is 0.318 e. The summed E-state index contributed by atoms with van der Waals surface area (Å²) in [6.07, 6.45) is 0. The fraction of sp³-hybridized carbons (Fsp3) is 0.0690.